The smallest absolute Gasteiger partial charge is 0.414 e. The molecule has 0 bridgehead atoms. The maximum absolute atomic E-state index is 9.10. The number of benzene rings is 2. The molecule has 194 valence electrons. The predicted molar refractivity (Wildman–Crippen MR) is 139 cm³/mol. The lowest BCUT2D eigenvalue weighted by molar-refractivity contribution is -0.462. The van der Waals surface area contributed by atoms with Crippen molar-refractivity contribution in [3.8, 4) is 0 Å². The molecule has 0 amide bonds. The van der Waals surface area contributed by atoms with Gasteiger partial charge in [0, 0.05) is 31.9 Å². The van der Waals surface area contributed by atoms with Crippen LogP contribution in [0.1, 0.15) is 11.1 Å². The minimum atomic E-state index is -1.82. The van der Waals surface area contributed by atoms with Gasteiger partial charge >= 0.3 is 23.9 Å². The summed E-state index contributed by atoms with van der Waals surface area (Å²) in [6.07, 6.45) is 8.76. The quantitative estimate of drug-likeness (QED) is 0.361. The van der Waals surface area contributed by atoms with Crippen molar-refractivity contribution in [2.24, 2.45) is 0 Å². The molecule has 0 saturated heterocycles. The SMILES string of the molecule is CN(C)c1ccc(C(=C2C=CC(=[N+](C)C)C=C2)c2ccccc2)cc1.O=C(O)C(=O)O.O=C(O)C(=O)O. The molecule has 0 heterocycles. The summed E-state index contributed by atoms with van der Waals surface area (Å²) in [5.74, 6) is -7.30. The molecule has 1 aliphatic rings. The van der Waals surface area contributed by atoms with Gasteiger partial charge in [0.25, 0.3) is 0 Å². The van der Waals surface area contributed by atoms with E-state index in [9.17, 15) is 0 Å². The van der Waals surface area contributed by atoms with E-state index < -0.39 is 23.9 Å². The summed E-state index contributed by atoms with van der Waals surface area (Å²) < 4.78 is 2.12. The van der Waals surface area contributed by atoms with Crippen LogP contribution < -0.4 is 4.90 Å². The number of rotatable bonds is 3. The van der Waals surface area contributed by atoms with E-state index in [1.54, 1.807) is 0 Å². The molecular formula is C27H29N2O8+. The van der Waals surface area contributed by atoms with Crippen LogP contribution in [0, 0.1) is 0 Å². The fraction of sp³-hybridized carbons (Fsp3) is 0.148. The number of carbonyl (C=O) groups is 4. The number of carboxylic acids is 4. The third-order valence-electron chi connectivity index (χ3n) is 4.77. The highest BCUT2D eigenvalue weighted by Gasteiger charge is 2.13. The largest absolute Gasteiger partial charge is 0.473 e. The summed E-state index contributed by atoms with van der Waals surface area (Å²) in [5, 5.41) is 29.6. The Labute approximate surface area is 214 Å². The Bertz CT molecular complexity index is 1190. The molecule has 0 aliphatic heterocycles. The second-order valence-electron chi connectivity index (χ2n) is 7.84. The molecule has 1 aliphatic carbocycles. The highest BCUT2D eigenvalue weighted by molar-refractivity contribution is 6.27. The van der Waals surface area contributed by atoms with E-state index in [2.05, 4.69) is 117 Å². The highest BCUT2D eigenvalue weighted by Crippen LogP contribution is 2.30. The summed E-state index contributed by atoms with van der Waals surface area (Å²) >= 11 is 0. The van der Waals surface area contributed by atoms with Crippen LogP contribution in [0.25, 0.3) is 5.57 Å². The van der Waals surface area contributed by atoms with Crippen LogP contribution in [0.15, 0.2) is 84.5 Å². The second kappa shape index (κ2) is 14.4. The first-order valence-electron chi connectivity index (χ1n) is 10.8. The summed E-state index contributed by atoms with van der Waals surface area (Å²) in [7, 11) is 8.27. The van der Waals surface area contributed by atoms with Crippen LogP contribution in [-0.4, -0.2) is 82.8 Å². The minimum absolute atomic E-state index is 1.21. The molecule has 3 rings (SSSR count). The van der Waals surface area contributed by atoms with Gasteiger partial charge in [-0.15, -0.1) is 0 Å². The molecule has 0 saturated carbocycles. The molecule has 10 nitrogen and oxygen atoms in total. The van der Waals surface area contributed by atoms with Crippen molar-refractivity contribution in [2.75, 3.05) is 33.1 Å². The van der Waals surface area contributed by atoms with Crippen molar-refractivity contribution in [3.05, 3.63) is 95.6 Å². The maximum Gasteiger partial charge on any atom is 0.414 e. The Balaban J connectivity index is 0.000000476. The van der Waals surface area contributed by atoms with Gasteiger partial charge in [0.1, 0.15) is 14.1 Å². The number of hydrogen-bond acceptors (Lipinski definition) is 5. The van der Waals surface area contributed by atoms with Crippen LogP contribution in [0.2, 0.25) is 0 Å². The zero-order chi connectivity index (χ0) is 28.1. The van der Waals surface area contributed by atoms with Gasteiger partial charge in [0.05, 0.1) is 0 Å². The van der Waals surface area contributed by atoms with Gasteiger partial charge in [-0.3, -0.25) is 0 Å². The Morgan fingerprint density at radius 1 is 0.622 bits per heavy atom. The third kappa shape index (κ3) is 10.0. The van der Waals surface area contributed by atoms with E-state index >= 15 is 0 Å². The molecule has 0 atom stereocenters. The number of hydrogen-bond donors (Lipinski definition) is 4. The van der Waals surface area contributed by atoms with Gasteiger partial charge in [-0.25, -0.2) is 23.8 Å². The first-order chi connectivity index (χ1) is 17.3. The van der Waals surface area contributed by atoms with Crippen molar-refractivity contribution in [3.63, 3.8) is 0 Å². The predicted octanol–water partition coefficient (Wildman–Crippen LogP) is 2.70. The Hall–Kier alpha value is -4.99. The molecule has 0 radical (unpaired) electrons. The lowest BCUT2D eigenvalue weighted by atomic mass is 9.90. The fourth-order valence-electron chi connectivity index (χ4n) is 2.96. The monoisotopic (exact) mass is 509 g/mol. The summed E-state index contributed by atoms with van der Waals surface area (Å²) in [6, 6.07) is 19.4. The van der Waals surface area contributed by atoms with Gasteiger partial charge in [-0.1, -0.05) is 42.5 Å². The molecule has 0 fully saturated rings. The highest BCUT2D eigenvalue weighted by atomic mass is 16.4. The molecule has 37 heavy (non-hydrogen) atoms. The average molecular weight is 510 g/mol. The second-order valence-corrected chi connectivity index (χ2v) is 7.84. The Morgan fingerprint density at radius 3 is 1.38 bits per heavy atom. The van der Waals surface area contributed by atoms with E-state index in [1.807, 2.05) is 0 Å². The molecular weight excluding hydrogens is 480 g/mol. The van der Waals surface area contributed by atoms with Crippen LogP contribution in [0.4, 0.5) is 5.69 Å². The van der Waals surface area contributed by atoms with E-state index in [4.69, 9.17) is 39.6 Å². The van der Waals surface area contributed by atoms with Crippen molar-refractivity contribution in [1.82, 2.24) is 0 Å². The summed E-state index contributed by atoms with van der Waals surface area (Å²) in [6.45, 7) is 0. The molecule has 0 unspecified atom stereocenters. The zero-order valence-corrected chi connectivity index (χ0v) is 20.8. The molecule has 2 aromatic rings. The number of anilines is 1. The topological polar surface area (TPSA) is 155 Å². The summed E-state index contributed by atoms with van der Waals surface area (Å²) in [5.41, 5.74) is 7.37. The van der Waals surface area contributed by atoms with Crippen molar-refractivity contribution < 1.29 is 44.2 Å². The lowest BCUT2D eigenvalue weighted by Gasteiger charge is -2.16. The minimum Gasteiger partial charge on any atom is -0.473 e. The van der Waals surface area contributed by atoms with E-state index in [0.29, 0.717) is 0 Å². The molecule has 4 N–H and O–H groups in total. The molecule has 2 aromatic carbocycles. The first kappa shape index (κ1) is 30.0. The summed E-state index contributed by atoms with van der Waals surface area (Å²) in [4.78, 5) is 38.5. The first-order valence-corrected chi connectivity index (χ1v) is 10.8. The molecule has 0 spiro atoms. The number of aliphatic carboxylic acids is 4. The number of allylic oxidation sites excluding steroid dienone is 5. The zero-order valence-electron chi connectivity index (χ0n) is 20.8. The van der Waals surface area contributed by atoms with Crippen molar-refractivity contribution in [2.45, 2.75) is 0 Å². The van der Waals surface area contributed by atoms with E-state index in [-0.39, 0.29) is 0 Å². The van der Waals surface area contributed by atoms with Gasteiger partial charge < -0.3 is 25.3 Å². The van der Waals surface area contributed by atoms with Crippen molar-refractivity contribution >= 4 is 40.8 Å². The van der Waals surface area contributed by atoms with E-state index in [1.165, 1.54) is 33.7 Å². The van der Waals surface area contributed by atoms with Crippen LogP contribution in [-0.2, 0) is 19.2 Å². The van der Waals surface area contributed by atoms with Crippen molar-refractivity contribution in [1.29, 1.82) is 0 Å². The Kier molecular flexibility index (Phi) is 11.7. The Morgan fingerprint density at radius 2 is 1.03 bits per heavy atom. The van der Waals surface area contributed by atoms with Gasteiger partial charge in [-0.2, -0.15) is 0 Å². The number of carboxylic acid groups (broad SMARTS) is 4. The van der Waals surface area contributed by atoms with Crippen LogP contribution in [0.3, 0.4) is 0 Å². The normalized spacial score (nSPS) is 11.2. The van der Waals surface area contributed by atoms with Crippen LogP contribution in [0.5, 0.6) is 0 Å². The lowest BCUT2D eigenvalue weighted by Crippen LogP contribution is -2.10. The third-order valence-corrected chi connectivity index (χ3v) is 4.77. The standard InChI is InChI=1S/C23H25N2.2C2H2O4/c1-24(2)21-14-10-19(11-15-21)23(18-8-6-5-7-9-18)20-12-16-22(17-13-20)25(3)4;2*3-1(4)2(5)6/h5-17H,1-4H3;2*(H,3,4)(H,5,6)/q+1;;. The number of nitrogens with zero attached hydrogens (tertiary/aromatic N) is 2. The van der Waals surface area contributed by atoms with E-state index in [0.717, 1.165) is 0 Å². The molecule has 0 aromatic heterocycles. The van der Waals surface area contributed by atoms with Gasteiger partial charge in [0.15, 0.2) is 5.71 Å². The molecule has 10 heteroatoms. The average Bonchev–Trinajstić information content (AvgIpc) is 2.86. The maximum atomic E-state index is 9.10. The fourth-order valence-corrected chi connectivity index (χ4v) is 2.96. The van der Waals surface area contributed by atoms with Gasteiger partial charge in [-0.05, 0) is 46.6 Å². The van der Waals surface area contributed by atoms with Crippen LogP contribution >= 0.6 is 0 Å². The van der Waals surface area contributed by atoms with Gasteiger partial charge in [0.2, 0.25) is 0 Å².